The standard InChI is InChI=1S/C16H14N4O2/c21-15(19-10-13-3-1-2-7-17-13)16(22)20-12-4-5-14-11(9-12)6-8-18-14/h1-9,18H,10H2,(H,19,21)(H,20,22). The van der Waals surface area contributed by atoms with Crippen molar-refractivity contribution in [1.82, 2.24) is 15.3 Å². The van der Waals surface area contributed by atoms with Crippen LogP contribution in [-0.4, -0.2) is 21.8 Å². The Bertz CT molecular complexity index is 811. The zero-order chi connectivity index (χ0) is 15.4. The van der Waals surface area contributed by atoms with E-state index in [1.807, 2.05) is 24.4 Å². The van der Waals surface area contributed by atoms with Gasteiger partial charge < -0.3 is 15.6 Å². The molecule has 0 spiro atoms. The molecule has 6 heteroatoms. The second-order valence-corrected chi connectivity index (χ2v) is 4.74. The summed E-state index contributed by atoms with van der Waals surface area (Å²) in [4.78, 5) is 30.8. The number of nitrogens with zero attached hydrogens (tertiary/aromatic N) is 1. The average molecular weight is 294 g/mol. The van der Waals surface area contributed by atoms with Crippen LogP contribution >= 0.6 is 0 Å². The van der Waals surface area contributed by atoms with Gasteiger partial charge in [0.15, 0.2) is 0 Å². The van der Waals surface area contributed by atoms with Crippen LogP contribution in [0, 0.1) is 0 Å². The number of hydrogen-bond acceptors (Lipinski definition) is 3. The molecule has 0 aliphatic carbocycles. The maximum atomic E-state index is 11.9. The van der Waals surface area contributed by atoms with Gasteiger partial charge in [0.25, 0.3) is 0 Å². The molecule has 0 saturated heterocycles. The first-order chi connectivity index (χ1) is 10.7. The second kappa shape index (κ2) is 6.09. The molecular formula is C16H14N4O2. The molecule has 0 saturated carbocycles. The molecular weight excluding hydrogens is 280 g/mol. The lowest BCUT2D eigenvalue weighted by atomic mass is 10.2. The van der Waals surface area contributed by atoms with Crippen LogP contribution < -0.4 is 10.6 Å². The van der Waals surface area contributed by atoms with E-state index in [-0.39, 0.29) is 6.54 Å². The maximum absolute atomic E-state index is 11.9. The van der Waals surface area contributed by atoms with Crippen molar-refractivity contribution in [1.29, 1.82) is 0 Å². The van der Waals surface area contributed by atoms with Gasteiger partial charge in [-0.25, -0.2) is 0 Å². The molecule has 0 aliphatic rings. The quantitative estimate of drug-likeness (QED) is 0.644. The highest BCUT2D eigenvalue weighted by molar-refractivity contribution is 6.39. The van der Waals surface area contributed by atoms with E-state index in [1.165, 1.54) is 0 Å². The number of fused-ring (bicyclic) bond motifs is 1. The highest BCUT2D eigenvalue weighted by Crippen LogP contribution is 2.17. The first-order valence-electron chi connectivity index (χ1n) is 6.78. The van der Waals surface area contributed by atoms with Crippen LogP contribution in [0.2, 0.25) is 0 Å². The number of nitrogens with one attached hydrogen (secondary N) is 3. The lowest BCUT2D eigenvalue weighted by Gasteiger charge is -2.06. The van der Waals surface area contributed by atoms with Gasteiger partial charge in [0.05, 0.1) is 12.2 Å². The van der Waals surface area contributed by atoms with E-state index in [0.717, 1.165) is 10.9 Å². The van der Waals surface area contributed by atoms with Crippen molar-refractivity contribution in [2.75, 3.05) is 5.32 Å². The number of carbonyl (C=O) groups excluding carboxylic acids is 2. The number of rotatable bonds is 3. The average Bonchev–Trinajstić information content (AvgIpc) is 3.01. The summed E-state index contributed by atoms with van der Waals surface area (Å²) in [7, 11) is 0. The Morgan fingerprint density at radius 2 is 2.00 bits per heavy atom. The topological polar surface area (TPSA) is 86.9 Å². The first kappa shape index (κ1) is 13.8. The monoisotopic (exact) mass is 294 g/mol. The predicted octanol–water partition coefficient (Wildman–Crippen LogP) is 1.82. The van der Waals surface area contributed by atoms with Crippen LogP contribution in [-0.2, 0) is 16.1 Å². The molecule has 2 aromatic heterocycles. The van der Waals surface area contributed by atoms with Crippen molar-refractivity contribution >= 4 is 28.4 Å². The molecule has 0 unspecified atom stereocenters. The Morgan fingerprint density at radius 3 is 2.82 bits per heavy atom. The molecule has 2 amide bonds. The van der Waals surface area contributed by atoms with Gasteiger partial charge in [-0.15, -0.1) is 0 Å². The third kappa shape index (κ3) is 3.12. The summed E-state index contributed by atoms with van der Waals surface area (Å²) in [5.41, 5.74) is 2.24. The first-order valence-corrected chi connectivity index (χ1v) is 6.78. The van der Waals surface area contributed by atoms with Gasteiger partial charge in [0.2, 0.25) is 0 Å². The highest BCUT2D eigenvalue weighted by atomic mass is 16.2. The smallest absolute Gasteiger partial charge is 0.313 e. The van der Waals surface area contributed by atoms with E-state index in [4.69, 9.17) is 0 Å². The summed E-state index contributed by atoms with van der Waals surface area (Å²) in [6.45, 7) is 0.212. The van der Waals surface area contributed by atoms with E-state index >= 15 is 0 Å². The largest absolute Gasteiger partial charge is 0.361 e. The Morgan fingerprint density at radius 1 is 1.09 bits per heavy atom. The van der Waals surface area contributed by atoms with Crippen LogP contribution in [0.1, 0.15) is 5.69 Å². The molecule has 0 radical (unpaired) electrons. The fourth-order valence-corrected chi connectivity index (χ4v) is 2.07. The van der Waals surface area contributed by atoms with E-state index in [1.54, 1.807) is 30.5 Å². The molecule has 0 aliphatic heterocycles. The number of amides is 2. The van der Waals surface area contributed by atoms with Gasteiger partial charge in [-0.05, 0) is 36.4 Å². The fourth-order valence-electron chi connectivity index (χ4n) is 2.07. The molecule has 0 atom stereocenters. The molecule has 0 fully saturated rings. The van der Waals surface area contributed by atoms with Crippen molar-refractivity contribution in [3.63, 3.8) is 0 Å². The Kier molecular flexibility index (Phi) is 3.82. The lowest BCUT2D eigenvalue weighted by Crippen LogP contribution is -2.35. The van der Waals surface area contributed by atoms with E-state index in [0.29, 0.717) is 11.4 Å². The van der Waals surface area contributed by atoms with Gasteiger partial charge in [-0.2, -0.15) is 0 Å². The van der Waals surface area contributed by atoms with Crippen LogP contribution in [0.5, 0.6) is 0 Å². The van der Waals surface area contributed by atoms with Crippen molar-refractivity contribution < 1.29 is 9.59 Å². The van der Waals surface area contributed by atoms with Crippen molar-refractivity contribution in [3.05, 3.63) is 60.6 Å². The minimum atomic E-state index is -0.703. The lowest BCUT2D eigenvalue weighted by molar-refractivity contribution is -0.136. The third-order valence-electron chi connectivity index (χ3n) is 3.17. The van der Waals surface area contributed by atoms with E-state index in [9.17, 15) is 9.59 Å². The summed E-state index contributed by atoms with van der Waals surface area (Å²) in [5.74, 6) is -1.40. The van der Waals surface area contributed by atoms with E-state index in [2.05, 4.69) is 20.6 Å². The highest BCUT2D eigenvalue weighted by Gasteiger charge is 2.13. The van der Waals surface area contributed by atoms with Gasteiger partial charge in [0.1, 0.15) is 0 Å². The predicted molar refractivity (Wildman–Crippen MR) is 83.0 cm³/mol. The number of anilines is 1. The maximum Gasteiger partial charge on any atom is 0.313 e. The van der Waals surface area contributed by atoms with E-state index < -0.39 is 11.8 Å². The molecule has 22 heavy (non-hydrogen) atoms. The number of pyridine rings is 1. The number of carbonyl (C=O) groups is 2. The summed E-state index contributed by atoms with van der Waals surface area (Å²) >= 11 is 0. The van der Waals surface area contributed by atoms with Crippen molar-refractivity contribution in [3.8, 4) is 0 Å². The van der Waals surface area contributed by atoms with Crippen molar-refractivity contribution in [2.24, 2.45) is 0 Å². The zero-order valence-corrected chi connectivity index (χ0v) is 11.7. The number of H-pyrrole nitrogens is 1. The molecule has 0 bridgehead atoms. The second-order valence-electron chi connectivity index (χ2n) is 4.74. The molecule has 3 aromatic rings. The minimum Gasteiger partial charge on any atom is -0.361 e. The Labute approximate surface area is 126 Å². The third-order valence-corrected chi connectivity index (χ3v) is 3.17. The number of hydrogen-bond donors (Lipinski definition) is 3. The molecule has 3 rings (SSSR count). The van der Waals surface area contributed by atoms with Crippen LogP contribution in [0.4, 0.5) is 5.69 Å². The summed E-state index contributed by atoms with van der Waals surface area (Å²) in [6.07, 6.45) is 3.45. The summed E-state index contributed by atoms with van der Waals surface area (Å²) in [6, 6.07) is 12.7. The van der Waals surface area contributed by atoms with Crippen LogP contribution in [0.3, 0.4) is 0 Å². The molecule has 110 valence electrons. The fraction of sp³-hybridized carbons (Fsp3) is 0.0625. The number of benzene rings is 1. The zero-order valence-electron chi connectivity index (χ0n) is 11.7. The number of aromatic amines is 1. The van der Waals surface area contributed by atoms with Crippen molar-refractivity contribution in [2.45, 2.75) is 6.54 Å². The Balaban J connectivity index is 1.59. The summed E-state index contributed by atoms with van der Waals surface area (Å²) in [5, 5.41) is 6.07. The normalized spacial score (nSPS) is 10.4. The van der Waals surface area contributed by atoms with Gasteiger partial charge in [-0.1, -0.05) is 6.07 Å². The van der Waals surface area contributed by atoms with Gasteiger partial charge in [-0.3, -0.25) is 14.6 Å². The molecule has 1 aromatic carbocycles. The minimum absolute atomic E-state index is 0.212. The molecule has 2 heterocycles. The van der Waals surface area contributed by atoms with Gasteiger partial charge in [0, 0.05) is 29.0 Å². The van der Waals surface area contributed by atoms with Gasteiger partial charge >= 0.3 is 11.8 Å². The summed E-state index contributed by atoms with van der Waals surface area (Å²) < 4.78 is 0. The van der Waals surface area contributed by atoms with Crippen LogP contribution in [0.25, 0.3) is 10.9 Å². The number of aromatic nitrogens is 2. The Hall–Kier alpha value is -3.15. The molecule has 6 nitrogen and oxygen atoms in total. The van der Waals surface area contributed by atoms with Crippen LogP contribution in [0.15, 0.2) is 54.9 Å². The molecule has 3 N–H and O–H groups in total. The SMILES string of the molecule is O=C(NCc1ccccn1)C(=O)Nc1ccc2[nH]ccc2c1.